The summed E-state index contributed by atoms with van der Waals surface area (Å²) in [6.45, 7) is 5.47. The Kier molecular flexibility index (Phi) is 3.62. The van der Waals surface area contributed by atoms with Crippen LogP contribution in [0.1, 0.15) is 28.6 Å². The number of esters is 1. The summed E-state index contributed by atoms with van der Waals surface area (Å²) in [5.41, 5.74) is 1.48. The Hall–Kier alpha value is -1.81. The first-order chi connectivity index (χ1) is 8.95. The standard InChI is InChI=1S/C14H13ClO4/c1-4-18-14(17)11-6-9(16)12-8(3)13(15)7(2)5-10(12)19-11/h5-6H,4H2,1-3H3. The molecule has 0 bridgehead atoms. The molecule has 0 saturated heterocycles. The topological polar surface area (TPSA) is 56.5 Å². The number of hydrogen-bond donors (Lipinski definition) is 0. The van der Waals surface area contributed by atoms with Gasteiger partial charge in [0, 0.05) is 11.1 Å². The van der Waals surface area contributed by atoms with Gasteiger partial charge in [0.2, 0.25) is 5.76 Å². The van der Waals surface area contributed by atoms with E-state index in [1.54, 1.807) is 19.9 Å². The zero-order valence-corrected chi connectivity index (χ0v) is 11.6. The van der Waals surface area contributed by atoms with Gasteiger partial charge >= 0.3 is 5.97 Å². The summed E-state index contributed by atoms with van der Waals surface area (Å²) in [6, 6.07) is 2.79. The van der Waals surface area contributed by atoms with E-state index in [0.717, 1.165) is 11.6 Å². The van der Waals surface area contributed by atoms with Crippen LogP contribution in [0.15, 0.2) is 21.3 Å². The minimum atomic E-state index is -0.647. The van der Waals surface area contributed by atoms with Crippen LogP contribution in [-0.2, 0) is 4.74 Å². The van der Waals surface area contributed by atoms with Crippen molar-refractivity contribution in [2.24, 2.45) is 0 Å². The van der Waals surface area contributed by atoms with E-state index >= 15 is 0 Å². The van der Waals surface area contributed by atoms with Crippen molar-refractivity contribution in [3.63, 3.8) is 0 Å². The van der Waals surface area contributed by atoms with Crippen LogP contribution in [0, 0.1) is 13.8 Å². The highest BCUT2D eigenvalue weighted by Crippen LogP contribution is 2.27. The molecule has 0 saturated carbocycles. The lowest BCUT2D eigenvalue weighted by atomic mass is 10.1. The molecule has 0 amide bonds. The van der Waals surface area contributed by atoms with Gasteiger partial charge in [-0.05, 0) is 38.0 Å². The molecule has 4 nitrogen and oxygen atoms in total. The number of aryl methyl sites for hydroxylation is 2. The molecule has 1 heterocycles. The van der Waals surface area contributed by atoms with Gasteiger partial charge in [0.1, 0.15) is 5.58 Å². The first-order valence-corrected chi connectivity index (χ1v) is 6.24. The van der Waals surface area contributed by atoms with Gasteiger partial charge in [-0.3, -0.25) is 4.79 Å². The lowest BCUT2D eigenvalue weighted by molar-refractivity contribution is 0.0490. The van der Waals surface area contributed by atoms with E-state index in [9.17, 15) is 9.59 Å². The summed E-state index contributed by atoms with van der Waals surface area (Å²) in [4.78, 5) is 23.7. The molecule has 100 valence electrons. The van der Waals surface area contributed by atoms with Crippen LogP contribution in [0.4, 0.5) is 0 Å². The monoisotopic (exact) mass is 280 g/mol. The van der Waals surface area contributed by atoms with Crippen LogP contribution in [0.5, 0.6) is 0 Å². The number of hydrogen-bond acceptors (Lipinski definition) is 4. The van der Waals surface area contributed by atoms with E-state index in [4.69, 9.17) is 20.8 Å². The number of rotatable bonds is 2. The minimum Gasteiger partial charge on any atom is -0.460 e. The fourth-order valence-electron chi connectivity index (χ4n) is 1.95. The molecule has 0 unspecified atom stereocenters. The molecule has 0 N–H and O–H groups in total. The van der Waals surface area contributed by atoms with E-state index < -0.39 is 5.97 Å². The van der Waals surface area contributed by atoms with Gasteiger partial charge in [0.15, 0.2) is 5.43 Å². The molecule has 19 heavy (non-hydrogen) atoms. The van der Waals surface area contributed by atoms with Gasteiger partial charge in [0.25, 0.3) is 0 Å². The van der Waals surface area contributed by atoms with Crippen molar-refractivity contribution in [2.75, 3.05) is 6.61 Å². The lowest BCUT2D eigenvalue weighted by Crippen LogP contribution is -2.11. The molecule has 1 aromatic heterocycles. The van der Waals surface area contributed by atoms with E-state index in [1.807, 2.05) is 6.92 Å². The number of ether oxygens (including phenoxy) is 1. The Morgan fingerprint density at radius 2 is 2.05 bits per heavy atom. The van der Waals surface area contributed by atoms with Crippen molar-refractivity contribution in [3.8, 4) is 0 Å². The summed E-state index contributed by atoms with van der Waals surface area (Å²) in [5.74, 6) is -0.743. The molecule has 0 aliphatic heterocycles. The number of benzene rings is 1. The van der Waals surface area contributed by atoms with Crippen LogP contribution in [0.3, 0.4) is 0 Å². The molecule has 0 radical (unpaired) electrons. The Morgan fingerprint density at radius 1 is 1.37 bits per heavy atom. The minimum absolute atomic E-state index is 0.0968. The summed E-state index contributed by atoms with van der Waals surface area (Å²) < 4.78 is 10.3. The fraction of sp³-hybridized carbons (Fsp3) is 0.286. The second-order valence-corrected chi connectivity index (χ2v) is 4.58. The van der Waals surface area contributed by atoms with Gasteiger partial charge in [-0.1, -0.05) is 11.6 Å². The highest BCUT2D eigenvalue weighted by Gasteiger charge is 2.16. The average molecular weight is 281 g/mol. The second-order valence-electron chi connectivity index (χ2n) is 4.20. The van der Waals surface area contributed by atoms with Gasteiger partial charge in [0.05, 0.1) is 12.0 Å². The summed E-state index contributed by atoms with van der Waals surface area (Å²) in [6.07, 6.45) is 0. The first kappa shape index (κ1) is 13.6. The van der Waals surface area contributed by atoms with Crippen LogP contribution in [-0.4, -0.2) is 12.6 Å². The van der Waals surface area contributed by atoms with Gasteiger partial charge < -0.3 is 9.15 Å². The number of carbonyl (C=O) groups excluding carboxylic acids is 1. The molecule has 5 heteroatoms. The average Bonchev–Trinajstić information content (AvgIpc) is 2.35. The summed E-state index contributed by atoms with van der Waals surface area (Å²) >= 11 is 6.11. The van der Waals surface area contributed by atoms with E-state index in [0.29, 0.717) is 21.6 Å². The van der Waals surface area contributed by atoms with Gasteiger partial charge in [-0.15, -0.1) is 0 Å². The third-order valence-electron chi connectivity index (χ3n) is 2.85. The normalized spacial score (nSPS) is 10.7. The van der Waals surface area contributed by atoms with Crippen molar-refractivity contribution < 1.29 is 13.9 Å². The van der Waals surface area contributed by atoms with Crippen molar-refractivity contribution >= 4 is 28.5 Å². The third kappa shape index (κ3) is 2.36. The van der Waals surface area contributed by atoms with E-state index in [-0.39, 0.29) is 17.8 Å². The van der Waals surface area contributed by atoms with Crippen LogP contribution < -0.4 is 5.43 Å². The molecule has 2 rings (SSSR count). The zero-order chi connectivity index (χ0) is 14.2. The van der Waals surface area contributed by atoms with Gasteiger partial charge in [-0.25, -0.2) is 4.79 Å². The van der Waals surface area contributed by atoms with Crippen molar-refractivity contribution in [3.05, 3.63) is 44.3 Å². The lowest BCUT2D eigenvalue weighted by Gasteiger charge is -2.08. The molecular formula is C14H13ClO4. The van der Waals surface area contributed by atoms with Crippen LogP contribution in [0.2, 0.25) is 5.02 Å². The number of carbonyl (C=O) groups is 1. The van der Waals surface area contributed by atoms with E-state index in [1.165, 1.54) is 0 Å². The van der Waals surface area contributed by atoms with E-state index in [2.05, 4.69) is 0 Å². The second kappa shape index (κ2) is 5.05. The zero-order valence-electron chi connectivity index (χ0n) is 10.9. The largest absolute Gasteiger partial charge is 0.460 e. The smallest absolute Gasteiger partial charge is 0.374 e. The maximum Gasteiger partial charge on any atom is 0.374 e. The van der Waals surface area contributed by atoms with Crippen molar-refractivity contribution in [1.82, 2.24) is 0 Å². The summed E-state index contributed by atoms with van der Waals surface area (Å²) in [7, 11) is 0. The maximum atomic E-state index is 12.1. The quantitative estimate of drug-likeness (QED) is 0.793. The highest BCUT2D eigenvalue weighted by molar-refractivity contribution is 6.33. The van der Waals surface area contributed by atoms with Crippen molar-refractivity contribution in [2.45, 2.75) is 20.8 Å². The molecule has 0 atom stereocenters. The van der Waals surface area contributed by atoms with Crippen molar-refractivity contribution in [1.29, 1.82) is 0 Å². The van der Waals surface area contributed by atoms with Crippen LogP contribution >= 0.6 is 11.6 Å². The summed E-state index contributed by atoms with van der Waals surface area (Å²) in [5, 5.41) is 0.923. The fourth-order valence-corrected chi connectivity index (χ4v) is 2.10. The molecule has 0 aliphatic rings. The molecule has 2 aromatic rings. The Balaban J connectivity index is 2.75. The predicted molar refractivity (Wildman–Crippen MR) is 72.9 cm³/mol. The highest BCUT2D eigenvalue weighted by atomic mass is 35.5. The SMILES string of the molecule is CCOC(=O)c1cc(=O)c2c(C)c(Cl)c(C)cc2o1. The first-order valence-electron chi connectivity index (χ1n) is 5.86. The Bertz CT molecular complexity index is 715. The molecule has 0 fully saturated rings. The molecule has 0 spiro atoms. The molecular weight excluding hydrogens is 268 g/mol. The predicted octanol–water partition coefficient (Wildman–Crippen LogP) is 3.24. The Morgan fingerprint density at radius 3 is 2.68 bits per heavy atom. The third-order valence-corrected chi connectivity index (χ3v) is 3.43. The number of fused-ring (bicyclic) bond motifs is 1. The maximum absolute atomic E-state index is 12.1. The number of halogens is 1. The molecule has 0 aliphatic carbocycles. The van der Waals surface area contributed by atoms with Crippen LogP contribution in [0.25, 0.3) is 11.0 Å². The Labute approximate surface area is 114 Å². The van der Waals surface area contributed by atoms with Gasteiger partial charge in [-0.2, -0.15) is 0 Å². The molecule has 1 aromatic carbocycles.